The first kappa shape index (κ1) is 30.1. The lowest BCUT2D eigenvalue weighted by molar-refractivity contribution is -0.145. The Hall–Kier alpha value is -4.87. The van der Waals surface area contributed by atoms with Gasteiger partial charge in [-0.05, 0) is 61.1 Å². The highest BCUT2D eigenvalue weighted by molar-refractivity contribution is 6.07. The second kappa shape index (κ2) is 13.7. The number of methoxy groups -OCH3 is 1. The highest BCUT2D eigenvalue weighted by Crippen LogP contribution is 2.28. The number of aromatic nitrogens is 1. The molecule has 8 N–H and O–H groups in total. The number of carbonyl (C=O) groups excluding carboxylic acids is 4. The molecule has 222 valence electrons. The fourth-order valence-electron chi connectivity index (χ4n) is 5.06. The summed E-state index contributed by atoms with van der Waals surface area (Å²) < 4.78 is 4.92. The van der Waals surface area contributed by atoms with Gasteiger partial charge in [0, 0.05) is 41.7 Å². The number of guanidine groups is 1. The van der Waals surface area contributed by atoms with Crippen molar-refractivity contribution in [3.05, 3.63) is 59.7 Å². The van der Waals surface area contributed by atoms with Gasteiger partial charge in [0.15, 0.2) is 5.96 Å². The van der Waals surface area contributed by atoms with Gasteiger partial charge in [0.2, 0.25) is 17.7 Å². The quantitative estimate of drug-likeness (QED) is 0.0831. The van der Waals surface area contributed by atoms with Crippen molar-refractivity contribution in [1.82, 2.24) is 20.9 Å². The van der Waals surface area contributed by atoms with Crippen molar-refractivity contribution in [1.29, 1.82) is 0 Å². The van der Waals surface area contributed by atoms with E-state index >= 15 is 0 Å². The van der Waals surface area contributed by atoms with E-state index in [9.17, 15) is 19.2 Å². The molecular formula is C30H37N7O5. The Kier molecular flexibility index (Phi) is 9.79. The minimum atomic E-state index is -1.02. The van der Waals surface area contributed by atoms with E-state index in [1.54, 1.807) is 0 Å². The molecule has 1 aliphatic rings. The lowest BCUT2D eigenvalue weighted by Gasteiger charge is -2.24. The molecule has 0 aliphatic carbocycles. The summed E-state index contributed by atoms with van der Waals surface area (Å²) in [6.07, 6.45) is 5.34. The number of nitrogens with two attached hydrogens (primary N) is 2. The van der Waals surface area contributed by atoms with E-state index < -0.39 is 35.9 Å². The summed E-state index contributed by atoms with van der Waals surface area (Å²) >= 11 is 0. The second-order valence-corrected chi connectivity index (χ2v) is 10.3. The van der Waals surface area contributed by atoms with E-state index in [1.165, 1.54) is 14.0 Å². The van der Waals surface area contributed by atoms with E-state index in [2.05, 4.69) is 32.0 Å². The SMILES string of the molecule is COC(=O)[C@@H]1C/C=C\Cc2ccc3[nH]c4ccc(cc4c3c2)CC(NC(C)=O)C(=O)N[C@@H](CCCN=C(N)N)C(=O)N1. The molecule has 4 bridgehead atoms. The van der Waals surface area contributed by atoms with Gasteiger partial charge in [-0.1, -0.05) is 24.3 Å². The minimum Gasteiger partial charge on any atom is -0.467 e. The van der Waals surface area contributed by atoms with Gasteiger partial charge in [0.05, 0.1) is 7.11 Å². The molecule has 12 nitrogen and oxygen atoms in total. The Morgan fingerprint density at radius 2 is 1.69 bits per heavy atom. The summed E-state index contributed by atoms with van der Waals surface area (Å²) in [4.78, 5) is 58.9. The third-order valence-corrected chi connectivity index (χ3v) is 7.13. The van der Waals surface area contributed by atoms with Crippen LogP contribution in [-0.4, -0.2) is 66.4 Å². The molecule has 2 aromatic carbocycles. The van der Waals surface area contributed by atoms with Crippen molar-refractivity contribution in [3.8, 4) is 0 Å². The summed E-state index contributed by atoms with van der Waals surface area (Å²) in [6.45, 7) is 1.57. The number of aliphatic imine (C=N–C) groups is 1. The molecule has 0 spiro atoms. The first-order valence-corrected chi connectivity index (χ1v) is 13.8. The van der Waals surface area contributed by atoms with Crippen LogP contribution in [0.4, 0.5) is 0 Å². The molecule has 1 aliphatic heterocycles. The molecule has 0 fully saturated rings. The zero-order valence-electron chi connectivity index (χ0n) is 23.7. The minimum absolute atomic E-state index is 0.0840. The van der Waals surface area contributed by atoms with Crippen LogP contribution < -0.4 is 27.4 Å². The predicted octanol–water partition coefficient (Wildman–Crippen LogP) is 1.07. The molecule has 2 heterocycles. The van der Waals surface area contributed by atoms with Gasteiger partial charge >= 0.3 is 5.97 Å². The molecule has 1 unspecified atom stereocenters. The highest BCUT2D eigenvalue weighted by atomic mass is 16.5. The molecule has 0 radical (unpaired) electrons. The molecule has 4 rings (SSSR count). The molecule has 0 saturated heterocycles. The van der Waals surface area contributed by atoms with Crippen LogP contribution in [0, 0.1) is 0 Å². The number of benzene rings is 2. The largest absolute Gasteiger partial charge is 0.467 e. The van der Waals surface area contributed by atoms with Gasteiger partial charge in [0.25, 0.3) is 0 Å². The smallest absolute Gasteiger partial charge is 0.328 e. The molecule has 0 saturated carbocycles. The van der Waals surface area contributed by atoms with Crippen molar-refractivity contribution in [2.45, 2.75) is 57.2 Å². The van der Waals surface area contributed by atoms with Crippen molar-refractivity contribution in [3.63, 3.8) is 0 Å². The zero-order chi connectivity index (χ0) is 30.2. The van der Waals surface area contributed by atoms with Crippen LogP contribution in [0.3, 0.4) is 0 Å². The van der Waals surface area contributed by atoms with E-state index in [-0.39, 0.29) is 37.7 Å². The summed E-state index contributed by atoms with van der Waals surface area (Å²) in [6, 6.07) is 9.10. The van der Waals surface area contributed by atoms with Crippen molar-refractivity contribution in [2.24, 2.45) is 16.5 Å². The van der Waals surface area contributed by atoms with Crippen molar-refractivity contribution >= 4 is 51.5 Å². The molecule has 3 atom stereocenters. The number of fused-ring (bicyclic) bond motifs is 2. The number of esters is 1. The Labute approximate surface area is 243 Å². The van der Waals surface area contributed by atoms with E-state index in [4.69, 9.17) is 16.2 Å². The fourth-order valence-corrected chi connectivity index (χ4v) is 5.06. The van der Waals surface area contributed by atoms with Crippen LogP contribution in [0.2, 0.25) is 0 Å². The number of carbonyl (C=O) groups is 4. The number of aromatic amines is 1. The first-order valence-electron chi connectivity index (χ1n) is 13.8. The number of nitrogens with one attached hydrogen (secondary N) is 4. The summed E-state index contributed by atoms with van der Waals surface area (Å²) in [5.41, 5.74) is 14.7. The number of nitrogens with zero attached hydrogens (tertiary/aromatic N) is 1. The zero-order valence-corrected chi connectivity index (χ0v) is 23.7. The Morgan fingerprint density at radius 1 is 1.00 bits per heavy atom. The lowest BCUT2D eigenvalue weighted by Crippen LogP contribution is -2.56. The van der Waals surface area contributed by atoms with Crippen LogP contribution in [0.15, 0.2) is 53.5 Å². The first-order chi connectivity index (χ1) is 20.1. The van der Waals surface area contributed by atoms with Crippen LogP contribution in [-0.2, 0) is 36.8 Å². The van der Waals surface area contributed by atoms with Crippen LogP contribution in [0.1, 0.15) is 37.3 Å². The van der Waals surface area contributed by atoms with Gasteiger partial charge in [-0.25, -0.2) is 4.79 Å². The monoisotopic (exact) mass is 575 g/mol. The van der Waals surface area contributed by atoms with Gasteiger partial charge in [-0.3, -0.25) is 19.4 Å². The molecular weight excluding hydrogens is 538 g/mol. The maximum Gasteiger partial charge on any atom is 0.328 e. The summed E-state index contributed by atoms with van der Waals surface area (Å²) in [7, 11) is 1.25. The van der Waals surface area contributed by atoms with E-state index in [1.807, 2.05) is 42.5 Å². The number of H-pyrrole nitrogens is 1. The number of allylic oxidation sites excluding steroid dienone is 1. The molecule has 12 heteroatoms. The average Bonchev–Trinajstić information content (AvgIpc) is 3.31. The number of hydrogen-bond donors (Lipinski definition) is 6. The van der Waals surface area contributed by atoms with Crippen LogP contribution >= 0.6 is 0 Å². The third kappa shape index (κ3) is 7.65. The van der Waals surface area contributed by atoms with Gasteiger partial charge in [0.1, 0.15) is 18.1 Å². The number of hydrogen-bond acceptors (Lipinski definition) is 6. The Balaban J connectivity index is 1.72. The van der Waals surface area contributed by atoms with Crippen LogP contribution in [0.25, 0.3) is 21.8 Å². The summed E-state index contributed by atoms with van der Waals surface area (Å²) in [5.74, 6) is -2.19. The van der Waals surface area contributed by atoms with Gasteiger partial charge < -0.3 is 37.1 Å². The number of ether oxygens (including phenoxy) is 1. The topological polar surface area (TPSA) is 194 Å². The predicted molar refractivity (Wildman–Crippen MR) is 160 cm³/mol. The van der Waals surface area contributed by atoms with Crippen molar-refractivity contribution < 1.29 is 23.9 Å². The highest BCUT2D eigenvalue weighted by Gasteiger charge is 2.29. The molecule has 3 amide bonds. The lowest BCUT2D eigenvalue weighted by atomic mass is 10.0. The average molecular weight is 576 g/mol. The standard InChI is InChI=1S/C30H37N7O5/c1-17(38)34-26-16-19-10-12-23-21(15-19)20-14-18(9-11-22(20)35-23)6-3-4-7-25(29(41)42-2)37-27(39)24(36-28(26)40)8-5-13-33-30(31)32/h3-4,9-12,14-15,24-26,35H,5-8,13,16H2,1-2H3,(H,34,38)(H,36,40)(H,37,39)(H4,31,32,33)/b4-3-/t24-,25-,26?/m0/s1. The second-order valence-electron chi connectivity index (χ2n) is 10.3. The molecule has 42 heavy (non-hydrogen) atoms. The third-order valence-electron chi connectivity index (χ3n) is 7.13. The maximum absolute atomic E-state index is 13.5. The molecule has 3 aromatic rings. The Bertz CT molecular complexity index is 1540. The van der Waals surface area contributed by atoms with Crippen molar-refractivity contribution in [2.75, 3.05) is 13.7 Å². The van der Waals surface area contributed by atoms with Crippen LogP contribution in [0.5, 0.6) is 0 Å². The normalized spacial score (nSPS) is 20.5. The molecule has 1 aromatic heterocycles. The van der Waals surface area contributed by atoms with Gasteiger partial charge in [-0.2, -0.15) is 0 Å². The maximum atomic E-state index is 13.5. The summed E-state index contributed by atoms with van der Waals surface area (Å²) in [5, 5.41) is 10.2. The van der Waals surface area contributed by atoms with E-state index in [0.29, 0.717) is 12.8 Å². The number of rotatable bonds is 6. The van der Waals surface area contributed by atoms with Gasteiger partial charge in [-0.15, -0.1) is 0 Å². The van der Waals surface area contributed by atoms with E-state index in [0.717, 1.165) is 32.9 Å². The fraction of sp³-hybridized carbons (Fsp3) is 0.367. The number of amides is 3. The Morgan fingerprint density at radius 3 is 2.36 bits per heavy atom.